The maximum Gasteiger partial charge on any atom is 0.139 e. The number of hydrogen-bond donors (Lipinski definition) is 0. The summed E-state index contributed by atoms with van der Waals surface area (Å²) in [5, 5.41) is 0.594. The first-order chi connectivity index (χ1) is 9.11. The molecule has 2 aromatic heterocycles. The molecule has 0 aliphatic rings. The molecule has 0 saturated carbocycles. The van der Waals surface area contributed by atoms with Crippen molar-refractivity contribution >= 4 is 22.6 Å². The predicted octanol–water partition coefficient (Wildman–Crippen LogP) is 3.13. The van der Waals surface area contributed by atoms with Gasteiger partial charge >= 0.3 is 0 Å². The molecule has 0 bridgehead atoms. The van der Waals surface area contributed by atoms with Gasteiger partial charge < -0.3 is 9.64 Å². The van der Waals surface area contributed by atoms with Gasteiger partial charge in [-0.2, -0.15) is 0 Å². The molecule has 0 saturated heterocycles. The molecule has 0 N–H and O–H groups in total. The first-order valence-electron chi connectivity index (χ1n) is 5.99. The number of halogens is 1. The zero-order valence-electron chi connectivity index (χ0n) is 11.0. The van der Waals surface area contributed by atoms with Crippen LogP contribution in [0.2, 0.25) is 5.02 Å². The van der Waals surface area contributed by atoms with Crippen LogP contribution >= 0.6 is 11.6 Å². The molecule has 2 rings (SSSR count). The minimum atomic E-state index is 0.237. The summed E-state index contributed by atoms with van der Waals surface area (Å²) in [6.45, 7) is 6.33. The lowest BCUT2D eigenvalue weighted by Crippen LogP contribution is -2.29. The topological polar surface area (TPSA) is 38.2 Å². The highest BCUT2D eigenvalue weighted by Crippen LogP contribution is 2.22. The van der Waals surface area contributed by atoms with Crippen LogP contribution in [0.3, 0.4) is 0 Å². The van der Waals surface area contributed by atoms with Crippen LogP contribution < -0.4 is 4.74 Å². The number of aromatic nitrogens is 2. The first-order valence-corrected chi connectivity index (χ1v) is 6.37. The van der Waals surface area contributed by atoms with Crippen LogP contribution in [-0.4, -0.2) is 34.6 Å². The Kier molecular flexibility index (Phi) is 4.22. The van der Waals surface area contributed by atoms with Crippen molar-refractivity contribution in [3.8, 4) is 5.75 Å². The van der Waals surface area contributed by atoms with E-state index in [9.17, 15) is 0 Å². The predicted molar refractivity (Wildman–Crippen MR) is 77.5 cm³/mol. The maximum atomic E-state index is 6.04. The second-order valence-corrected chi connectivity index (χ2v) is 4.75. The minimum Gasteiger partial charge on any atom is -0.490 e. The number of ether oxygens (including phenoxy) is 1. The number of nitrogens with zero attached hydrogens (tertiary/aromatic N) is 3. The zero-order valence-corrected chi connectivity index (χ0v) is 11.8. The lowest BCUT2D eigenvalue weighted by Gasteiger charge is -2.22. The van der Waals surface area contributed by atoms with Crippen LogP contribution in [0.1, 0.15) is 6.92 Å². The van der Waals surface area contributed by atoms with E-state index in [2.05, 4.69) is 23.5 Å². The van der Waals surface area contributed by atoms with Crippen molar-refractivity contribution in [1.29, 1.82) is 0 Å². The molecule has 0 amide bonds. The van der Waals surface area contributed by atoms with Crippen LogP contribution in [-0.2, 0) is 0 Å². The Bertz CT molecular complexity index is 588. The highest BCUT2D eigenvalue weighted by Gasteiger charge is 2.07. The van der Waals surface area contributed by atoms with E-state index in [1.165, 1.54) is 0 Å². The number of pyridine rings is 2. The maximum absolute atomic E-state index is 6.04. The second-order valence-electron chi connectivity index (χ2n) is 4.34. The van der Waals surface area contributed by atoms with E-state index in [0.29, 0.717) is 22.9 Å². The standard InChI is InChI=1S/C14H16ClN3O/c1-4-18(3)10(2)9-19-11-7-13-14(17-8-11)12(15)5-6-16-13/h4-8,10H,1,9H2,2-3H3. The molecule has 2 heterocycles. The van der Waals surface area contributed by atoms with E-state index < -0.39 is 0 Å². The second kappa shape index (κ2) is 5.89. The number of fused-ring (bicyclic) bond motifs is 1. The fourth-order valence-corrected chi connectivity index (χ4v) is 1.77. The van der Waals surface area contributed by atoms with Gasteiger partial charge in [0, 0.05) is 19.3 Å². The zero-order chi connectivity index (χ0) is 13.8. The third-order valence-electron chi connectivity index (χ3n) is 2.98. The smallest absolute Gasteiger partial charge is 0.139 e. The van der Waals surface area contributed by atoms with E-state index in [1.807, 2.05) is 18.0 Å². The highest BCUT2D eigenvalue weighted by molar-refractivity contribution is 6.34. The SMILES string of the molecule is C=CN(C)C(C)COc1cnc2c(Cl)ccnc2c1. The molecule has 0 fully saturated rings. The number of hydrogen-bond acceptors (Lipinski definition) is 4. The Hall–Kier alpha value is -1.81. The molecule has 100 valence electrons. The minimum absolute atomic E-state index is 0.237. The average Bonchev–Trinajstić information content (AvgIpc) is 2.44. The van der Waals surface area contributed by atoms with E-state index in [4.69, 9.17) is 16.3 Å². The summed E-state index contributed by atoms with van der Waals surface area (Å²) in [5.41, 5.74) is 1.42. The van der Waals surface area contributed by atoms with Gasteiger partial charge in [0.05, 0.1) is 22.8 Å². The molecule has 0 aromatic carbocycles. The van der Waals surface area contributed by atoms with Gasteiger partial charge in [-0.25, -0.2) is 4.98 Å². The quantitative estimate of drug-likeness (QED) is 0.842. The molecule has 0 aliphatic heterocycles. The summed E-state index contributed by atoms with van der Waals surface area (Å²) in [6.07, 6.45) is 5.09. The molecular formula is C14H16ClN3O. The Morgan fingerprint density at radius 3 is 3.05 bits per heavy atom. The van der Waals surface area contributed by atoms with E-state index in [1.54, 1.807) is 24.7 Å². The molecule has 1 unspecified atom stereocenters. The fourth-order valence-electron chi connectivity index (χ4n) is 1.57. The molecule has 19 heavy (non-hydrogen) atoms. The van der Waals surface area contributed by atoms with E-state index in [-0.39, 0.29) is 6.04 Å². The van der Waals surface area contributed by atoms with Crippen LogP contribution in [0.5, 0.6) is 5.75 Å². The summed E-state index contributed by atoms with van der Waals surface area (Å²) in [7, 11) is 1.96. The van der Waals surface area contributed by atoms with Crippen molar-refractivity contribution in [2.45, 2.75) is 13.0 Å². The van der Waals surface area contributed by atoms with Gasteiger partial charge in [0.15, 0.2) is 0 Å². The van der Waals surface area contributed by atoms with Crippen molar-refractivity contribution in [2.75, 3.05) is 13.7 Å². The van der Waals surface area contributed by atoms with Crippen molar-refractivity contribution in [3.63, 3.8) is 0 Å². The molecule has 1 atom stereocenters. The van der Waals surface area contributed by atoms with Crippen LogP contribution in [0, 0.1) is 0 Å². The average molecular weight is 278 g/mol. The number of likely N-dealkylation sites (N-methyl/N-ethyl adjacent to an activating group) is 1. The Morgan fingerprint density at radius 2 is 2.32 bits per heavy atom. The molecule has 0 spiro atoms. The van der Waals surface area contributed by atoms with Gasteiger partial charge in [-0.05, 0) is 19.2 Å². The largest absolute Gasteiger partial charge is 0.490 e. The van der Waals surface area contributed by atoms with Gasteiger partial charge in [-0.3, -0.25) is 4.98 Å². The summed E-state index contributed by atoms with van der Waals surface area (Å²) in [6, 6.07) is 3.80. The monoisotopic (exact) mass is 277 g/mol. The molecule has 2 aromatic rings. The van der Waals surface area contributed by atoms with E-state index in [0.717, 1.165) is 5.52 Å². The van der Waals surface area contributed by atoms with Gasteiger partial charge in [-0.15, -0.1) is 0 Å². The molecule has 4 nitrogen and oxygen atoms in total. The van der Waals surface area contributed by atoms with Crippen LogP contribution in [0.15, 0.2) is 37.3 Å². The van der Waals surface area contributed by atoms with Gasteiger partial charge in [0.2, 0.25) is 0 Å². The summed E-state index contributed by atoms with van der Waals surface area (Å²) >= 11 is 6.04. The third-order valence-corrected chi connectivity index (χ3v) is 3.28. The summed E-state index contributed by atoms with van der Waals surface area (Å²) in [4.78, 5) is 10.5. The van der Waals surface area contributed by atoms with Crippen molar-refractivity contribution in [2.24, 2.45) is 0 Å². The molecular weight excluding hydrogens is 262 g/mol. The van der Waals surface area contributed by atoms with Gasteiger partial charge in [-0.1, -0.05) is 18.2 Å². The van der Waals surface area contributed by atoms with Crippen LogP contribution in [0.4, 0.5) is 0 Å². The molecule has 0 aliphatic carbocycles. The first kappa shape index (κ1) is 13.6. The number of rotatable bonds is 5. The van der Waals surface area contributed by atoms with Gasteiger partial charge in [0.1, 0.15) is 17.9 Å². The van der Waals surface area contributed by atoms with Gasteiger partial charge in [0.25, 0.3) is 0 Å². The fraction of sp³-hybridized carbons (Fsp3) is 0.286. The normalized spacial score (nSPS) is 12.2. The molecule has 0 radical (unpaired) electrons. The van der Waals surface area contributed by atoms with Crippen LogP contribution in [0.25, 0.3) is 11.0 Å². The van der Waals surface area contributed by atoms with Crippen molar-refractivity contribution < 1.29 is 4.74 Å². The lowest BCUT2D eigenvalue weighted by molar-refractivity contribution is 0.214. The third kappa shape index (κ3) is 3.15. The lowest BCUT2D eigenvalue weighted by atomic mass is 10.3. The summed E-state index contributed by atoms with van der Waals surface area (Å²) in [5.74, 6) is 0.687. The highest BCUT2D eigenvalue weighted by atomic mass is 35.5. The van der Waals surface area contributed by atoms with E-state index >= 15 is 0 Å². The van der Waals surface area contributed by atoms with Crippen molar-refractivity contribution in [1.82, 2.24) is 14.9 Å². The van der Waals surface area contributed by atoms with Crippen molar-refractivity contribution in [3.05, 3.63) is 42.3 Å². The molecule has 5 heteroatoms. The Morgan fingerprint density at radius 1 is 1.53 bits per heavy atom. The summed E-state index contributed by atoms with van der Waals surface area (Å²) < 4.78 is 5.70. The Balaban J connectivity index is 2.12. The Labute approximate surface area is 117 Å².